The molecule has 0 N–H and O–H groups in total. The average Bonchev–Trinajstić information content (AvgIpc) is 3.69. The molecular weight excluding hydrogens is 550 g/mol. The molecule has 1 saturated heterocycles. The van der Waals surface area contributed by atoms with E-state index < -0.39 is 5.97 Å². The number of benzene rings is 2. The fourth-order valence-electron chi connectivity index (χ4n) is 5.94. The van der Waals surface area contributed by atoms with Crippen molar-refractivity contribution in [3.05, 3.63) is 94.6 Å². The molecule has 43 heavy (non-hydrogen) atoms. The minimum Gasteiger partial charge on any atom is -0.463 e. The summed E-state index contributed by atoms with van der Waals surface area (Å²) in [5, 5.41) is 0. The second kappa shape index (κ2) is 12.3. The lowest BCUT2D eigenvalue weighted by molar-refractivity contribution is -0.140. The van der Waals surface area contributed by atoms with Crippen molar-refractivity contribution in [2.24, 2.45) is 0 Å². The number of esters is 1. The highest BCUT2D eigenvalue weighted by Gasteiger charge is 2.37. The molecule has 1 unspecified atom stereocenters. The molecule has 0 aliphatic carbocycles. The van der Waals surface area contributed by atoms with Gasteiger partial charge in [-0.2, -0.15) is 0 Å². The predicted molar refractivity (Wildman–Crippen MR) is 156 cm³/mol. The van der Waals surface area contributed by atoms with Gasteiger partial charge in [0.25, 0.3) is 5.91 Å². The minimum atomic E-state index is -0.431. The molecule has 6 rings (SSSR count). The van der Waals surface area contributed by atoms with Crippen molar-refractivity contribution in [2.75, 3.05) is 39.6 Å². The molecule has 0 spiro atoms. The molecule has 3 aliphatic rings. The van der Waals surface area contributed by atoms with Crippen molar-refractivity contribution in [1.82, 2.24) is 14.7 Å². The third kappa shape index (κ3) is 6.01. The fourth-order valence-corrected chi connectivity index (χ4v) is 5.94. The normalized spacial score (nSPS) is 18.7. The largest absolute Gasteiger partial charge is 0.463 e. The zero-order valence-electron chi connectivity index (χ0n) is 24.4. The van der Waals surface area contributed by atoms with Crippen LogP contribution < -0.4 is 9.47 Å². The van der Waals surface area contributed by atoms with Gasteiger partial charge in [-0.1, -0.05) is 36.4 Å². The summed E-state index contributed by atoms with van der Waals surface area (Å²) in [5.41, 5.74) is 3.03. The van der Waals surface area contributed by atoms with Crippen molar-refractivity contribution < 1.29 is 33.0 Å². The van der Waals surface area contributed by atoms with Gasteiger partial charge in [-0.05, 0) is 49.2 Å². The van der Waals surface area contributed by atoms with E-state index in [1.165, 1.54) is 0 Å². The van der Waals surface area contributed by atoms with E-state index in [1.807, 2.05) is 48.5 Å². The third-order valence-electron chi connectivity index (χ3n) is 8.21. The molecule has 4 heterocycles. The van der Waals surface area contributed by atoms with Crippen LogP contribution in [0.15, 0.2) is 76.4 Å². The number of fused-ring (bicyclic) bond motifs is 1. The van der Waals surface area contributed by atoms with Crippen LogP contribution in [0.1, 0.15) is 53.6 Å². The molecule has 1 atom stereocenters. The SMILES string of the molecule is CCOC(=O)C1=C(C)N(Cc2ccc(C(=O)N3CCN(Cc4ccc5c(c4)OCO5)CC3)o2)C(=O)CC1c1ccccc1. The summed E-state index contributed by atoms with van der Waals surface area (Å²) in [6, 6.07) is 18.9. The number of carbonyl (C=O) groups is 3. The van der Waals surface area contributed by atoms with Gasteiger partial charge in [0.15, 0.2) is 17.3 Å². The highest BCUT2D eigenvalue weighted by molar-refractivity contribution is 5.96. The lowest BCUT2D eigenvalue weighted by atomic mass is 9.83. The summed E-state index contributed by atoms with van der Waals surface area (Å²) in [5.74, 6) is 1.12. The number of amides is 2. The number of hydrogen-bond acceptors (Lipinski definition) is 8. The topological polar surface area (TPSA) is 102 Å². The Kier molecular flexibility index (Phi) is 8.20. The predicted octanol–water partition coefficient (Wildman–Crippen LogP) is 4.32. The maximum Gasteiger partial charge on any atom is 0.336 e. The molecule has 3 aromatic rings. The van der Waals surface area contributed by atoms with E-state index in [0.717, 1.165) is 42.3 Å². The van der Waals surface area contributed by atoms with Gasteiger partial charge in [-0.3, -0.25) is 14.5 Å². The first-order valence-electron chi connectivity index (χ1n) is 14.6. The maximum atomic E-state index is 13.3. The van der Waals surface area contributed by atoms with Crippen molar-refractivity contribution >= 4 is 17.8 Å². The van der Waals surface area contributed by atoms with E-state index in [1.54, 1.807) is 35.8 Å². The third-order valence-corrected chi connectivity index (χ3v) is 8.21. The molecule has 1 aromatic heterocycles. The summed E-state index contributed by atoms with van der Waals surface area (Å²) in [4.78, 5) is 45.3. The average molecular weight is 586 g/mol. The van der Waals surface area contributed by atoms with Crippen LogP contribution in [0.4, 0.5) is 0 Å². The summed E-state index contributed by atoms with van der Waals surface area (Å²) in [7, 11) is 0. The van der Waals surface area contributed by atoms with E-state index in [-0.39, 0.29) is 49.9 Å². The van der Waals surface area contributed by atoms with Crippen molar-refractivity contribution in [3.8, 4) is 11.5 Å². The smallest absolute Gasteiger partial charge is 0.336 e. The Morgan fingerprint density at radius 2 is 1.70 bits per heavy atom. The molecule has 10 nitrogen and oxygen atoms in total. The van der Waals surface area contributed by atoms with Crippen LogP contribution in [-0.2, 0) is 27.4 Å². The highest BCUT2D eigenvalue weighted by atomic mass is 16.7. The van der Waals surface area contributed by atoms with Crippen molar-refractivity contribution in [2.45, 2.75) is 39.3 Å². The van der Waals surface area contributed by atoms with Gasteiger partial charge in [-0.25, -0.2) is 4.79 Å². The second-order valence-corrected chi connectivity index (χ2v) is 10.9. The van der Waals surface area contributed by atoms with Gasteiger partial charge in [-0.15, -0.1) is 0 Å². The van der Waals surface area contributed by atoms with Crippen molar-refractivity contribution in [3.63, 3.8) is 0 Å². The van der Waals surface area contributed by atoms with Crippen LogP contribution >= 0.6 is 0 Å². The van der Waals surface area contributed by atoms with Crippen LogP contribution in [0, 0.1) is 0 Å². The Morgan fingerprint density at radius 3 is 2.47 bits per heavy atom. The summed E-state index contributed by atoms with van der Waals surface area (Å²) >= 11 is 0. The van der Waals surface area contributed by atoms with E-state index in [2.05, 4.69) is 4.90 Å². The van der Waals surface area contributed by atoms with Crippen LogP contribution in [0.2, 0.25) is 0 Å². The Morgan fingerprint density at radius 1 is 0.930 bits per heavy atom. The standard InChI is InChI=1S/C33H35N3O7/c1-3-40-33(39)31-22(2)36(30(37)18-26(31)24-7-5-4-6-8-24)20-25-10-12-28(43-25)32(38)35-15-13-34(14-16-35)19-23-9-11-27-29(17-23)42-21-41-27/h4-12,17,26H,3,13-16,18-21H2,1-2H3. The number of nitrogens with zero attached hydrogens (tertiary/aromatic N) is 3. The Hall–Kier alpha value is -4.57. The first-order chi connectivity index (χ1) is 20.9. The van der Waals surface area contributed by atoms with Crippen LogP contribution in [0.3, 0.4) is 0 Å². The molecule has 0 bridgehead atoms. The Balaban J connectivity index is 1.10. The molecular formula is C33H35N3O7. The number of piperazine rings is 1. The number of carbonyl (C=O) groups excluding carboxylic acids is 3. The first kappa shape index (κ1) is 28.5. The molecule has 3 aliphatic heterocycles. The Labute approximate surface area is 250 Å². The Bertz CT molecular complexity index is 1540. The van der Waals surface area contributed by atoms with Gasteiger partial charge in [0, 0.05) is 50.8 Å². The monoisotopic (exact) mass is 585 g/mol. The summed E-state index contributed by atoms with van der Waals surface area (Å²) in [6.07, 6.45) is 0.137. The van der Waals surface area contributed by atoms with Crippen LogP contribution in [0.5, 0.6) is 11.5 Å². The number of rotatable bonds is 8. The van der Waals surface area contributed by atoms with Crippen LogP contribution in [-0.4, -0.2) is 72.1 Å². The second-order valence-electron chi connectivity index (χ2n) is 10.9. The lowest BCUT2D eigenvalue weighted by Crippen LogP contribution is -2.48. The lowest BCUT2D eigenvalue weighted by Gasteiger charge is -2.34. The molecule has 224 valence electrons. The van der Waals surface area contributed by atoms with Crippen LogP contribution in [0.25, 0.3) is 0 Å². The molecule has 2 aromatic carbocycles. The molecule has 2 amide bonds. The van der Waals surface area contributed by atoms with E-state index in [9.17, 15) is 14.4 Å². The number of ether oxygens (including phenoxy) is 3. The zero-order chi connectivity index (χ0) is 29.9. The van der Waals surface area contributed by atoms with E-state index in [4.69, 9.17) is 18.6 Å². The van der Waals surface area contributed by atoms with E-state index in [0.29, 0.717) is 30.1 Å². The van der Waals surface area contributed by atoms with Gasteiger partial charge in [0.05, 0.1) is 18.7 Å². The molecule has 0 saturated carbocycles. The van der Waals surface area contributed by atoms with Gasteiger partial charge in [0.2, 0.25) is 12.7 Å². The zero-order valence-corrected chi connectivity index (χ0v) is 24.4. The van der Waals surface area contributed by atoms with Gasteiger partial charge in [0.1, 0.15) is 5.76 Å². The molecule has 10 heteroatoms. The summed E-state index contributed by atoms with van der Waals surface area (Å²) in [6.45, 7) is 7.52. The highest BCUT2D eigenvalue weighted by Crippen LogP contribution is 2.38. The van der Waals surface area contributed by atoms with Gasteiger partial charge >= 0.3 is 5.97 Å². The molecule has 0 radical (unpaired) electrons. The van der Waals surface area contributed by atoms with E-state index >= 15 is 0 Å². The number of furan rings is 1. The minimum absolute atomic E-state index is 0.117. The number of hydrogen-bond donors (Lipinski definition) is 0. The van der Waals surface area contributed by atoms with Gasteiger partial charge < -0.3 is 28.4 Å². The fraction of sp³-hybridized carbons (Fsp3) is 0.364. The first-order valence-corrected chi connectivity index (χ1v) is 14.6. The maximum absolute atomic E-state index is 13.3. The number of allylic oxidation sites excluding steroid dienone is 1. The quantitative estimate of drug-likeness (QED) is 0.361. The van der Waals surface area contributed by atoms with Crippen molar-refractivity contribution in [1.29, 1.82) is 0 Å². The summed E-state index contributed by atoms with van der Waals surface area (Å²) < 4.78 is 22.2. The molecule has 1 fully saturated rings.